The van der Waals surface area contributed by atoms with Crippen molar-refractivity contribution in [2.75, 3.05) is 6.61 Å². The van der Waals surface area contributed by atoms with Crippen LogP contribution in [0.1, 0.15) is 46.4 Å². The predicted octanol–water partition coefficient (Wildman–Crippen LogP) is 3.56. The van der Waals surface area contributed by atoms with Crippen LogP contribution in [0.15, 0.2) is 42.6 Å². The van der Waals surface area contributed by atoms with Crippen molar-refractivity contribution >= 4 is 28.5 Å². The van der Waals surface area contributed by atoms with E-state index in [0.717, 1.165) is 11.0 Å². The molecule has 1 unspecified atom stereocenters. The maximum absolute atomic E-state index is 12.6. The summed E-state index contributed by atoms with van der Waals surface area (Å²) >= 11 is 6.16. The van der Waals surface area contributed by atoms with Gasteiger partial charge in [-0.3, -0.25) is 4.79 Å². The van der Waals surface area contributed by atoms with Gasteiger partial charge in [0, 0.05) is 22.3 Å². The van der Waals surface area contributed by atoms with Crippen molar-refractivity contribution in [1.82, 2.24) is 15.3 Å². The molecule has 1 saturated carbocycles. The summed E-state index contributed by atoms with van der Waals surface area (Å²) in [6, 6.07) is 10.5. The maximum atomic E-state index is 12.6. The largest absolute Gasteiger partial charge is 0.394 e. The van der Waals surface area contributed by atoms with Gasteiger partial charge >= 0.3 is 0 Å². The molecule has 0 spiro atoms. The number of H-pyrrole nitrogens is 1. The van der Waals surface area contributed by atoms with E-state index in [2.05, 4.69) is 21.4 Å². The molecule has 0 bridgehead atoms. The molecule has 6 heteroatoms. The van der Waals surface area contributed by atoms with E-state index in [1.54, 1.807) is 18.3 Å². The number of pyridine rings is 1. The second-order valence-corrected chi connectivity index (χ2v) is 6.80. The highest BCUT2D eigenvalue weighted by Gasteiger charge is 2.25. The number of rotatable bonds is 5. The SMILES string of the molecule is O=C(NC(CO)c1ccccc1Cl)c1cnc2[nH]c(C3CC3)cc2c1. The van der Waals surface area contributed by atoms with Crippen LogP contribution in [0.25, 0.3) is 11.0 Å². The van der Waals surface area contributed by atoms with Crippen molar-refractivity contribution in [2.45, 2.75) is 24.8 Å². The molecular formula is C19H18ClN3O2. The number of fused-ring (bicyclic) bond motifs is 1. The van der Waals surface area contributed by atoms with Crippen LogP contribution in [-0.2, 0) is 0 Å². The Morgan fingerprint density at radius 2 is 2.16 bits per heavy atom. The number of aromatic amines is 1. The highest BCUT2D eigenvalue weighted by Crippen LogP contribution is 2.40. The number of nitrogens with one attached hydrogen (secondary N) is 2. The Bertz CT molecular complexity index is 933. The van der Waals surface area contributed by atoms with E-state index in [-0.39, 0.29) is 12.5 Å². The maximum Gasteiger partial charge on any atom is 0.253 e. The summed E-state index contributed by atoms with van der Waals surface area (Å²) in [6.07, 6.45) is 3.96. The van der Waals surface area contributed by atoms with Crippen molar-refractivity contribution in [2.24, 2.45) is 0 Å². The number of carbonyl (C=O) groups is 1. The lowest BCUT2D eigenvalue weighted by Gasteiger charge is -2.18. The molecule has 0 radical (unpaired) electrons. The minimum atomic E-state index is -0.565. The van der Waals surface area contributed by atoms with Gasteiger partial charge in [0.15, 0.2) is 0 Å². The van der Waals surface area contributed by atoms with Gasteiger partial charge in [-0.2, -0.15) is 0 Å². The number of benzene rings is 1. The van der Waals surface area contributed by atoms with Crippen LogP contribution in [0.2, 0.25) is 5.02 Å². The fourth-order valence-electron chi connectivity index (χ4n) is 3.00. The molecule has 1 fully saturated rings. The number of carbonyl (C=O) groups excluding carboxylic acids is 1. The number of halogens is 1. The van der Waals surface area contributed by atoms with E-state index in [9.17, 15) is 9.90 Å². The molecule has 4 rings (SSSR count). The molecule has 1 atom stereocenters. The summed E-state index contributed by atoms with van der Waals surface area (Å²) in [6.45, 7) is -0.235. The standard InChI is InChI=1S/C19H18ClN3O2/c20-15-4-2-1-3-14(15)17(10-24)23-19(25)13-7-12-8-16(11-5-6-11)22-18(12)21-9-13/h1-4,7-9,11,17,24H,5-6,10H2,(H,21,22)(H,23,25). The second-order valence-electron chi connectivity index (χ2n) is 6.39. The summed E-state index contributed by atoms with van der Waals surface area (Å²) in [4.78, 5) is 20.2. The topological polar surface area (TPSA) is 78.0 Å². The summed E-state index contributed by atoms with van der Waals surface area (Å²) in [5.74, 6) is 0.313. The zero-order chi connectivity index (χ0) is 17.4. The van der Waals surface area contributed by atoms with Gasteiger partial charge in [0.1, 0.15) is 5.65 Å². The number of amides is 1. The summed E-state index contributed by atoms with van der Waals surface area (Å²) < 4.78 is 0. The summed E-state index contributed by atoms with van der Waals surface area (Å²) in [5, 5.41) is 13.9. The van der Waals surface area contributed by atoms with Gasteiger partial charge in [-0.1, -0.05) is 29.8 Å². The van der Waals surface area contributed by atoms with Gasteiger partial charge in [-0.05, 0) is 42.5 Å². The zero-order valence-corrected chi connectivity index (χ0v) is 14.3. The van der Waals surface area contributed by atoms with Gasteiger partial charge in [-0.25, -0.2) is 4.98 Å². The summed E-state index contributed by atoms with van der Waals surface area (Å²) in [5.41, 5.74) is 3.12. The van der Waals surface area contributed by atoms with Crippen molar-refractivity contribution in [3.63, 3.8) is 0 Å². The third-order valence-corrected chi connectivity index (χ3v) is 4.88. The molecule has 5 nitrogen and oxygen atoms in total. The first-order valence-corrected chi connectivity index (χ1v) is 8.68. The number of aliphatic hydroxyl groups excluding tert-OH is 1. The Morgan fingerprint density at radius 1 is 1.36 bits per heavy atom. The fourth-order valence-corrected chi connectivity index (χ4v) is 3.26. The van der Waals surface area contributed by atoms with Crippen LogP contribution >= 0.6 is 11.6 Å². The van der Waals surface area contributed by atoms with Gasteiger partial charge in [-0.15, -0.1) is 0 Å². The number of nitrogens with zero attached hydrogens (tertiary/aromatic N) is 1. The second kappa shape index (κ2) is 6.50. The molecule has 1 amide bonds. The minimum absolute atomic E-state index is 0.235. The Balaban J connectivity index is 1.57. The molecule has 1 aliphatic carbocycles. The van der Waals surface area contributed by atoms with Crippen molar-refractivity contribution in [3.8, 4) is 0 Å². The van der Waals surface area contributed by atoms with Crippen LogP contribution < -0.4 is 5.32 Å². The van der Waals surface area contributed by atoms with E-state index in [1.807, 2.05) is 18.2 Å². The first-order valence-electron chi connectivity index (χ1n) is 8.30. The van der Waals surface area contributed by atoms with Gasteiger partial charge in [0.25, 0.3) is 5.91 Å². The molecule has 1 aliphatic rings. The van der Waals surface area contributed by atoms with Crippen molar-refractivity contribution in [3.05, 3.63) is 64.4 Å². The lowest BCUT2D eigenvalue weighted by molar-refractivity contribution is 0.0916. The smallest absolute Gasteiger partial charge is 0.253 e. The molecule has 128 valence electrons. The molecule has 1 aromatic carbocycles. The molecule has 0 aliphatic heterocycles. The van der Waals surface area contributed by atoms with E-state index >= 15 is 0 Å². The molecule has 0 saturated heterocycles. The van der Waals surface area contributed by atoms with Gasteiger partial charge < -0.3 is 15.4 Å². The average molecular weight is 356 g/mol. The number of hydrogen-bond acceptors (Lipinski definition) is 3. The number of aliphatic hydroxyl groups is 1. The average Bonchev–Trinajstić information content (AvgIpc) is 3.39. The molecule has 25 heavy (non-hydrogen) atoms. The van der Waals surface area contributed by atoms with Gasteiger partial charge in [0.2, 0.25) is 0 Å². The van der Waals surface area contributed by atoms with Crippen molar-refractivity contribution < 1.29 is 9.90 Å². The molecule has 2 aromatic heterocycles. The molecule has 3 N–H and O–H groups in total. The van der Waals surface area contributed by atoms with Gasteiger partial charge in [0.05, 0.1) is 18.2 Å². The Kier molecular flexibility index (Phi) is 4.19. The van der Waals surface area contributed by atoms with Crippen LogP contribution in [0.3, 0.4) is 0 Å². The lowest BCUT2D eigenvalue weighted by atomic mass is 10.1. The molecular weight excluding hydrogens is 338 g/mol. The summed E-state index contributed by atoms with van der Waals surface area (Å²) in [7, 11) is 0. The number of hydrogen-bond donors (Lipinski definition) is 3. The van der Waals surface area contributed by atoms with Crippen LogP contribution in [0.4, 0.5) is 0 Å². The van der Waals surface area contributed by atoms with E-state index in [0.29, 0.717) is 22.1 Å². The van der Waals surface area contributed by atoms with Crippen LogP contribution in [0.5, 0.6) is 0 Å². The molecule has 2 heterocycles. The fraction of sp³-hybridized carbons (Fsp3) is 0.263. The van der Waals surface area contributed by atoms with E-state index in [1.165, 1.54) is 18.5 Å². The monoisotopic (exact) mass is 355 g/mol. The normalized spacial score (nSPS) is 15.3. The van der Waals surface area contributed by atoms with Crippen molar-refractivity contribution in [1.29, 1.82) is 0 Å². The highest BCUT2D eigenvalue weighted by molar-refractivity contribution is 6.31. The third-order valence-electron chi connectivity index (χ3n) is 4.54. The zero-order valence-electron chi connectivity index (χ0n) is 13.5. The third kappa shape index (κ3) is 3.25. The first-order chi connectivity index (χ1) is 12.2. The Labute approximate surface area is 150 Å². The first kappa shape index (κ1) is 16.1. The number of aromatic nitrogens is 2. The molecule has 3 aromatic rings. The van der Waals surface area contributed by atoms with Crippen LogP contribution in [0, 0.1) is 0 Å². The highest BCUT2D eigenvalue weighted by atomic mass is 35.5. The van der Waals surface area contributed by atoms with E-state index in [4.69, 9.17) is 11.6 Å². The quantitative estimate of drug-likeness (QED) is 0.654. The minimum Gasteiger partial charge on any atom is -0.394 e. The Hall–Kier alpha value is -2.37. The van der Waals surface area contributed by atoms with Crippen LogP contribution in [-0.4, -0.2) is 27.6 Å². The lowest BCUT2D eigenvalue weighted by Crippen LogP contribution is -2.31. The Morgan fingerprint density at radius 3 is 2.88 bits per heavy atom. The predicted molar refractivity (Wildman–Crippen MR) is 96.8 cm³/mol. The van der Waals surface area contributed by atoms with E-state index < -0.39 is 6.04 Å².